The van der Waals surface area contributed by atoms with Gasteiger partial charge in [-0.25, -0.2) is 28.8 Å². The van der Waals surface area contributed by atoms with Gasteiger partial charge in [0.05, 0.1) is 54.3 Å². The Morgan fingerprint density at radius 2 is 1.28 bits per heavy atom. The number of aryl methyl sites for hydroxylation is 2. The summed E-state index contributed by atoms with van der Waals surface area (Å²) >= 11 is 12.8. The van der Waals surface area contributed by atoms with Crippen molar-refractivity contribution in [2.45, 2.75) is 48.0 Å². The number of aliphatic imine (C=N–C) groups is 2. The number of nitrogens with one attached hydrogen (secondary N) is 1. The summed E-state index contributed by atoms with van der Waals surface area (Å²) in [7, 11) is 8.64. The number of esters is 4. The largest absolute Gasteiger partial charge is 1.00 e. The first-order chi connectivity index (χ1) is 28.9. The van der Waals surface area contributed by atoms with Gasteiger partial charge in [0.1, 0.15) is 32.8 Å². The zero-order valence-electron chi connectivity index (χ0n) is 36.8. The first-order valence-corrected chi connectivity index (χ1v) is 20.6. The summed E-state index contributed by atoms with van der Waals surface area (Å²) in [5.41, 5.74) is 8.02. The minimum atomic E-state index is -0.931. The molecule has 0 bridgehead atoms. The van der Waals surface area contributed by atoms with Gasteiger partial charge < -0.3 is 44.0 Å². The number of nitrogens with zero attached hydrogens (tertiary/aromatic N) is 2. The summed E-state index contributed by atoms with van der Waals surface area (Å²) in [6, 6.07) is 0. The van der Waals surface area contributed by atoms with Gasteiger partial charge >= 0.3 is 217 Å². The fraction of sp³-hybridized carbons (Fsp3) is 0.361. The smallest absolute Gasteiger partial charge is 0.624 e. The Bertz CT molecular complexity index is 1920. The molecule has 20 nitrogen and oxygen atoms in total. The molecule has 64 heavy (non-hydrogen) atoms. The molecule has 0 radical (unpaired) electrons. The van der Waals surface area contributed by atoms with Crippen molar-refractivity contribution in [3.05, 3.63) is 65.7 Å². The van der Waals surface area contributed by atoms with E-state index < -0.39 is 36.2 Å². The molecule has 28 heteroatoms. The number of isothiocyanates is 1. The van der Waals surface area contributed by atoms with Gasteiger partial charge in [0.15, 0.2) is 5.78 Å². The Balaban J connectivity index is -0.000000230. The number of thioether (sulfide) groups is 1. The van der Waals surface area contributed by atoms with E-state index in [1.54, 1.807) is 40.0 Å². The number of hydrogen-bond donors (Lipinski definition) is 3. The minimum absolute atomic E-state index is 0. The summed E-state index contributed by atoms with van der Waals surface area (Å²) in [4.78, 5) is 93.3. The molecule has 3 rings (SSSR count). The second kappa shape index (κ2) is 44.2. The van der Waals surface area contributed by atoms with Crippen molar-refractivity contribution >= 4 is 126 Å². The SMILES string of the molecule is CCOC(=O)CC(=O)CCl.CCOC(=O)c1c(C)csc1N.[CH2-]OC(=O)N=C1SCC(O)=C1C(=O)OCC.[CH2-]OC(=O)N=C=S.[CH2-]OC(=O)Nc1scc(C)c1C(=O)OCC.[Rb+].[Rb+].[Rb+]. The molecule has 0 atom stereocenters. The van der Waals surface area contributed by atoms with Crippen LogP contribution in [0.3, 0.4) is 0 Å². The first kappa shape index (κ1) is 73.0. The molecular weight excluding hydrogens is 1160 g/mol. The number of ketones is 1. The Labute approximate surface area is 540 Å². The molecule has 2 aromatic rings. The number of thiophene rings is 2. The van der Waals surface area contributed by atoms with Crippen molar-refractivity contribution in [3.8, 4) is 0 Å². The Morgan fingerprint density at radius 3 is 1.70 bits per heavy atom. The molecule has 0 unspecified atom stereocenters. The number of alkyl halides is 1. The van der Waals surface area contributed by atoms with Gasteiger partial charge in [-0.1, -0.05) is 11.8 Å². The van der Waals surface area contributed by atoms with Crippen molar-refractivity contribution in [2.24, 2.45) is 9.98 Å². The molecular formula is C36H44ClN4O16Rb3S4. The van der Waals surface area contributed by atoms with Crippen LogP contribution in [0.15, 0.2) is 32.1 Å². The molecule has 0 fully saturated rings. The van der Waals surface area contributed by atoms with Gasteiger partial charge in [0, 0.05) is 0 Å². The van der Waals surface area contributed by atoms with Crippen LogP contribution in [0, 0.1) is 35.2 Å². The summed E-state index contributed by atoms with van der Waals surface area (Å²) < 4.78 is 31.0. The molecule has 0 aliphatic carbocycles. The number of aliphatic hydroxyl groups excluding tert-OH is 1. The number of carbonyl (C=O) groups is 8. The molecule has 2 aromatic heterocycles. The number of aliphatic hydroxyl groups is 1. The topological polar surface area (TPSA) is 284 Å². The number of anilines is 2. The Morgan fingerprint density at radius 1 is 0.797 bits per heavy atom. The predicted molar refractivity (Wildman–Crippen MR) is 232 cm³/mol. The molecule has 1 aliphatic heterocycles. The standard InChI is InChI=1S/C10H12NO4S.C9H10NO5S.C8H11NO2S.C6H9ClO3.C3H2NO2S.3Rb/c1-4-15-9(12)7-6(2)5-16-8(7)11-10(13)14-3;1-3-15-8(12)6-5(11)4-16-7(6)10-9(13)14-2;1-3-11-8(10)6-5(2)4-12-7(6)9;1-2-10-6(9)3-5(8)4-7;1-6-3(5)4-2-7;;;/h5H,3-4H2,1-2H3,(H,11,13);11H,2-4H2,1H3;4H,3,9H2,1-2H3;2-4H2,1H3;1H2;;;/q2*-1;;;-1;3*+1. The molecule has 0 spiro atoms. The molecule has 0 aromatic carbocycles. The van der Waals surface area contributed by atoms with Crippen molar-refractivity contribution in [1.29, 1.82) is 0 Å². The summed E-state index contributed by atoms with van der Waals surface area (Å²) in [5.74, 6) is -2.40. The number of carbonyl (C=O) groups excluding carboxylic acids is 8. The fourth-order valence-corrected chi connectivity index (χ4v) is 6.33. The number of Topliss-reactive ketones (excluding diaryl/α,β-unsaturated/α-hetero) is 1. The maximum atomic E-state index is 11.6. The molecule has 338 valence electrons. The molecule has 0 saturated heterocycles. The predicted octanol–water partition coefficient (Wildman–Crippen LogP) is -1.40. The van der Waals surface area contributed by atoms with E-state index in [2.05, 4.69) is 67.8 Å². The van der Waals surface area contributed by atoms with E-state index in [9.17, 15) is 43.5 Å². The van der Waals surface area contributed by atoms with E-state index in [4.69, 9.17) is 31.5 Å². The second-order valence-corrected chi connectivity index (χ2v) is 13.4. The number of amides is 3. The molecule has 0 saturated carbocycles. The number of hydrogen-bond acceptors (Lipinski definition) is 21. The molecule has 3 heterocycles. The van der Waals surface area contributed by atoms with Crippen molar-refractivity contribution in [3.63, 3.8) is 0 Å². The van der Waals surface area contributed by atoms with Crippen LogP contribution in [-0.2, 0) is 47.5 Å². The van der Waals surface area contributed by atoms with Gasteiger partial charge in [0.2, 0.25) is 0 Å². The third kappa shape index (κ3) is 31.2. The van der Waals surface area contributed by atoms with Crippen LogP contribution in [0.2, 0.25) is 0 Å². The van der Waals surface area contributed by atoms with E-state index in [1.807, 2.05) is 17.5 Å². The van der Waals surface area contributed by atoms with Crippen LogP contribution in [0.4, 0.5) is 24.4 Å². The number of rotatable bonds is 11. The first-order valence-electron chi connectivity index (χ1n) is 16.9. The molecule has 1 aliphatic rings. The van der Waals surface area contributed by atoms with Gasteiger partial charge in [-0.05, 0) is 75.6 Å². The van der Waals surface area contributed by atoms with Gasteiger partial charge in [-0.15, -0.1) is 39.3 Å². The van der Waals surface area contributed by atoms with Gasteiger partial charge in [-0.2, -0.15) is 26.3 Å². The van der Waals surface area contributed by atoms with Crippen molar-refractivity contribution in [2.75, 3.05) is 49.1 Å². The number of nitrogens with two attached hydrogens (primary N) is 1. The maximum absolute atomic E-state index is 11.6. The number of halogens is 1. The third-order valence-electron chi connectivity index (χ3n) is 5.98. The zero-order valence-corrected chi connectivity index (χ0v) is 55.5. The monoisotopic (exact) mass is 1210 g/mol. The quantitative estimate of drug-likeness (QED) is 0.0444. The van der Waals surface area contributed by atoms with Gasteiger partial charge in [-0.3, -0.25) is 14.9 Å². The van der Waals surface area contributed by atoms with E-state index in [0.29, 0.717) is 34.3 Å². The summed E-state index contributed by atoms with van der Waals surface area (Å²) in [6.07, 6.45) is -2.68. The van der Waals surface area contributed by atoms with E-state index in [1.165, 1.54) is 22.7 Å². The third-order valence-corrected chi connectivity index (χ3v) is 9.30. The fourth-order valence-electron chi connectivity index (χ4n) is 3.56. The second-order valence-electron chi connectivity index (χ2n) is 10.2. The van der Waals surface area contributed by atoms with Crippen LogP contribution in [0.25, 0.3) is 0 Å². The van der Waals surface area contributed by atoms with Crippen LogP contribution in [-0.4, -0.2) is 101 Å². The van der Waals surface area contributed by atoms with E-state index in [0.717, 1.165) is 22.9 Å². The van der Waals surface area contributed by atoms with Crippen molar-refractivity contribution < 1.29 is 251 Å². The van der Waals surface area contributed by atoms with E-state index >= 15 is 0 Å². The molecule has 4 N–H and O–H groups in total. The normalized spacial score (nSPS) is 10.8. The summed E-state index contributed by atoms with van der Waals surface area (Å²) in [6.45, 7) is 11.6. The average Bonchev–Trinajstić information content (AvgIpc) is 3.89. The van der Waals surface area contributed by atoms with Crippen LogP contribution in [0.1, 0.15) is 66.0 Å². The minimum Gasteiger partial charge on any atom is -0.624 e. The van der Waals surface area contributed by atoms with E-state index in [-0.39, 0.29) is 234 Å². The van der Waals surface area contributed by atoms with Crippen molar-refractivity contribution in [1.82, 2.24) is 0 Å². The Hall–Kier alpha value is 0.0256. The van der Waals surface area contributed by atoms with Gasteiger partial charge in [0.25, 0.3) is 0 Å². The van der Waals surface area contributed by atoms with Crippen LogP contribution >= 0.6 is 58.3 Å². The maximum Gasteiger partial charge on any atom is 1.00 e. The summed E-state index contributed by atoms with van der Waals surface area (Å²) in [5, 5.41) is 18.3. The zero-order chi connectivity index (χ0) is 47.1. The number of ether oxygens (including phenoxy) is 7. The average molecular weight is 1210 g/mol. The number of thiocarbonyl (C=S) groups is 1. The van der Waals surface area contributed by atoms with Crippen LogP contribution < -0.4 is 186 Å². The van der Waals surface area contributed by atoms with Crippen LogP contribution in [0.5, 0.6) is 0 Å². The molecule has 3 amide bonds. The Kier molecular flexibility index (Phi) is 50.5. The number of nitrogen functional groups attached to an aromatic ring is 1.